The maximum Gasteiger partial charge on any atom is 0.145 e. The minimum atomic E-state index is 0.292. The molecule has 0 spiro atoms. The van der Waals surface area contributed by atoms with Crippen LogP contribution in [0.4, 0.5) is 0 Å². The molecule has 0 aromatic rings. The summed E-state index contributed by atoms with van der Waals surface area (Å²) in [6, 6.07) is 0. The summed E-state index contributed by atoms with van der Waals surface area (Å²) in [6.45, 7) is 2.38. The van der Waals surface area contributed by atoms with Crippen LogP contribution in [-0.2, 0) is 4.74 Å². The number of dihydropyridines is 1. The molecule has 0 bridgehead atoms. The Morgan fingerprint density at radius 3 is 3.27 bits per heavy atom. The van der Waals surface area contributed by atoms with Crippen molar-refractivity contribution < 1.29 is 9.84 Å². The average molecular weight is 151 g/mol. The van der Waals surface area contributed by atoms with Crippen LogP contribution in [-0.4, -0.2) is 11.7 Å². The third kappa shape index (κ3) is 0.808. The van der Waals surface area contributed by atoms with Gasteiger partial charge < -0.3 is 15.2 Å². The van der Waals surface area contributed by atoms with E-state index in [9.17, 15) is 5.11 Å². The van der Waals surface area contributed by atoms with E-state index in [1.807, 2.05) is 13.1 Å². The Hall–Kier alpha value is -1.38. The lowest BCUT2D eigenvalue weighted by Gasteiger charge is -2.13. The van der Waals surface area contributed by atoms with Gasteiger partial charge in [0.15, 0.2) is 0 Å². The summed E-state index contributed by atoms with van der Waals surface area (Å²) in [5.74, 6) is 0.292. The van der Waals surface area contributed by atoms with E-state index in [2.05, 4.69) is 5.32 Å². The molecule has 2 aliphatic rings. The first-order valence-corrected chi connectivity index (χ1v) is 3.47. The molecular formula is C8H9NO2. The number of fused-ring (bicyclic) bond motifs is 1. The van der Waals surface area contributed by atoms with Gasteiger partial charge in [0.05, 0.1) is 17.5 Å². The van der Waals surface area contributed by atoms with Gasteiger partial charge in [0.2, 0.25) is 0 Å². The predicted molar refractivity (Wildman–Crippen MR) is 40.6 cm³/mol. The van der Waals surface area contributed by atoms with Crippen LogP contribution in [0.25, 0.3) is 0 Å². The number of hydrogen-bond acceptors (Lipinski definition) is 3. The molecule has 0 saturated heterocycles. The molecule has 0 radical (unpaired) electrons. The molecule has 3 nitrogen and oxygen atoms in total. The highest BCUT2D eigenvalue weighted by Gasteiger charge is 2.21. The summed E-state index contributed by atoms with van der Waals surface area (Å²) in [5.41, 5.74) is 2.58. The van der Waals surface area contributed by atoms with Crippen molar-refractivity contribution >= 4 is 0 Å². The first kappa shape index (κ1) is 6.34. The molecule has 2 heterocycles. The van der Waals surface area contributed by atoms with E-state index in [4.69, 9.17) is 4.74 Å². The molecule has 0 aliphatic carbocycles. The number of allylic oxidation sites excluding steroid dienone is 2. The summed E-state index contributed by atoms with van der Waals surface area (Å²) < 4.78 is 5.05. The maximum absolute atomic E-state index is 9.48. The van der Waals surface area contributed by atoms with Gasteiger partial charge in [0.25, 0.3) is 0 Å². The first-order valence-electron chi connectivity index (χ1n) is 3.47. The second-order valence-corrected chi connectivity index (χ2v) is 2.63. The van der Waals surface area contributed by atoms with Crippen molar-refractivity contribution in [2.75, 3.05) is 6.61 Å². The lowest BCUT2D eigenvalue weighted by molar-refractivity contribution is 0.301. The molecule has 11 heavy (non-hydrogen) atoms. The van der Waals surface area contributed by atoms with Crippen LogP contribution < -0.4 is 5.32 Å². The quantitative estimate of drug-likeness (QED) is 0.546. The zero-order valence-electron chi connectivity index (χ0n) is 6.22. The van der Waals surface area contributed by atoms with E-state index < -0.39 is 0 Å². The molecule has 0 aromatic heterocycles. The zero-order chi connectivity index (χ0) is 7.84. The Bertz CT molecular complexity index is 286. The topological polar surface area (TPSA) is 41.5 Å². The molecule has 0 saturated carbocycles. The number of nitrogens with one attached hydrogen (secondary N) is 1. The standard InChI is InChI=1S/C8H9NO2/c1-5-8(10)7-4-11-3-6(7)2-9-5/h2,4,9-10H,3H2,1H3. The van der Waals surface area contributed by atoms with E-state index in [0.29, 0.717) is 12.4 Å². The van der Waals surface area contributed by atoms with Gasteiger partial charge in [-0.05, 0) is 6.92 Å². The van der Waals surface area contributed by atoms with Crippen LogP contribution >= 0.6 is 0 Å². The molecule has 2 rings (SSSR count). The van der Waals surface area contributed by atoms with E-state index in [1.54, 1.807) is 6.26 Å². The Morgan fingerprint density at radius 2 is 2.45 bits per heavy atom. The summed E-state index contributed by atoms with van der Waals surface area (Å²) in [5, 5.41) is 12.4. The lowest BCUT2D eigenvalue weighted by Crippen LogP contribution is -2.13. The highest BCUT2D eigenvalue weighted by atomic mass is 16.5. The fraction of sp³-hybridized carbons (Fsp3) is 0.250. The smallest absolute Gasteiger partial charge is 0.145 e. The molecule has 3 heteroatoms. The molecule has 0 unspecified atom stereocenters. The largest absolute Gasteiger partial charge is 0.505 e. The SMILES string of the molecule is CC1=C(O)C2=COCC2=CN1. The normalized spacial score (nSPS) is 21.5. The molecule has 2 N–H and O–H groups in total. The van der Waals surface area contributed by atoms with Gasteiger partial charge in [-0.25, -0.2) is 0 Å². The highest BCUT2D eigenvalue weighted by molar-refractivity contribution is 5.49. The number of aliphatic hydroxyl groups is 1. The van der Waals surface area contributed by atoms with Crippen LogP contribution in [0.5, 0.6) is 0 Å². The Balaban J connectivity index is 2.44. The summed E-state index contributed by atoms with van der Waals surface area (Å²) in [7, 11) is 0. The molecule has 2 aliphatic heterocycles. The van der Waals surface area contributed by atoms with Crippen molar-refractivity contribution in [1.29, 1.82) is 0 Å². The second-order valence-electron chi connectivity index (χ2n) is 2.63. The van der Waals surface area contributed by atoms with Gasteiger partial charge in [0, 0.05) is 11.8 Å². The van der Waals surface area contributed by atoms with Crippen molar-refractivity contribution in [3.05, 3.63) is 35.1 Å². The van der Waals surface area contributed by atoms with Gasteiger partial charge in [-0.3, -0.25) is 0 Å². The van der Waals surface area contributed by atoms with Gasteiger partial charge in [-0.1, -0.05) is 0 Å². The molecule has 0 fully saturated rings. The average Bonchev–Trinajstić information content (AvgIpc) is 2.45. The molecule has 0 atom stereocenters. The van der Waals surface area contributed by atoms with E-state index in [1.165, 1.54) is 0 Å². The third-order valence-corrected chi connectivity index (χ3v) is 1.86. The van der Waals surface area contributed by atoms with Crippen molar-refractivity contribution in [3.63, 3.8) is 0 Å². The molecule has 0 amide bonds. The Morgan fingerprint density at radius 1 is 1.64 bits per heavy atom. The molecular weight excluding hydrogens is 142 g/mol. The van der Waals surface area contributed by atoms with Gasteiger partial charge in [-0.15, -0.1) is 0 Å². The minimum absolute atomic E-state index is 0.292. The van der Waals surface area contributed by atoms with Crippen LogP contribution in [0.1, 0.15) is 6.92 Å². The minimum Gasteiger partial charge on any atom is -0.505 e. The third-order valence-electron chi connectivity index (χ3n) is 1.86. The summed E-state index contributed by atoms with van der Waals surface area (Å²) in [4.78, 5) is 0. The van der Waals surface area contributed by atoms with Crippen LogP contribution in [0.15, 0.2) is 35.1 Å². The van der Waals surface area contributed by atoms with Crippen molar-refractivity contribution in [1.82, 2.24) is 5.32 Å². The predicted octanol–water partition coefficient (Wildman–Crippen LogP) is 1.18. The van der Waals surface area contributed by atoms with Gasteiger partial charge in [-0.2, -0.15) is 0 Å². The fourth-order valence-corrected chi connectivity index (χ4v) is 1.16. The van der Waals surface area contributed by atoms with Gasteiger partial charge >= 0.3 is 0 Å². The van der Waals surface area contributed by atoms with E-state index >= 15 is 0 Å². The summed E-state index contributed by atoms with van der Waals surface area (Å²) in [6.07, 6.45) is 3.44. The van der Waals surface area contributed by atoms with Crippen molar-refractivity contribution in [2.24, 2.45) is 0 Å². The summed E-state index contributed by atoms with van der Waals surface area (Å²) >= 11 is 0. The first-order chi connectivity index (χ1) is 5.29. The number of aliphatic hydroxyl groups excluding tert-OH is 1. The zero-order valence-corrected chi connectivity index (χ0v) is 6.22. The number of hydrogen-bond donors (Lipinski definition) is 2. The highest BCUT2D eigenvalue weighted by Crippen LogP contribution is 2.27. The van der Waals surface area contributed by atoms with Crippen molar-refractivity contribution in [2.45, 2.75) is 6.92 Å². The number of ether oxygens (including phenoxy) is 1. The Labute approximate surface area is 64.7 Å². The van der Waals surface area contributed by atoms with Crippen LogP contribution in [0.2, 0.25) is 0 Å². The van der Waals surface area contributed by atoms with Gasteiger partial charge in [0.1, 0.15) is 12.4 Å². The monoisotopic (exact) mass is 151 g/mol. The Kier molecular flexibility index (Phi) is 1.18. The number of rotatable bonds is 0. The van der Waals surface area contributed by atoms with Crippen LogP contribution in [0.3, 0.4) is 0 Å². The van der Waals surface area contributed by atoms with Crippen molar-refractivity contribution in [3.8, 4) is 0 Å². The maximum atomic E-state index is 9.48. The molecule has 58 valence electrons. The second kappa shape index (κ2) is 2.05. The van der Waals surface area contributed by atoms with E-state index in [-0.39, 0.29) is 0 Å². The van der Waals surface area contributed by atoms with Crippen LogP contribution in [0, 0.1) is 0 Å². The fourth-order valence-electron chi connectivity index (χ4n) is 1.16. The molecule has 0 aromatic carbocycles. The van der Waals surface area contributed by atoms with E-state index in [0.717, 1.165) is 16.8 Å². The lowest BCUT2D eigenvalue weighted by atomic mass is 10.1.